The minimum atomic E-state index is 0.149. The summed E-state index contributed by atoms with van der Waals surface area (Å²) in [7, 11) is 0. The van der Waals surface area contributed by atoms with E-state index in [9.17, 15) is 0 Å². The number of aryl methyl sites for hydroxylation is 1. The van der Waals surface area contributed by atoms with Gasteiger partial charge in [0.15, 0.2) is 0 Å². The number of aliphatic hydroxyl groups excluding tert-OH is 1. The van der Waals surface area contributed by atoms with Gasteiger partial charge in [0.2, 0.25) is 11.7 Å². The Morgan fingerprint density at radius 2 is 2.43 bits per heavy atom. The third-order valence-electron chi connectivity index (χ3n) is 1.80. The first-order chi connectivity index (χ1) is 6.90. The fourth-order valence-electron chi connectivity index (χ4n) is 1.10. The van der Waals surface area contributed by atoms with E-state index in [1.807, 2.05) is 16.8 Å². The second kappa shape index (κ2) is 4.34. The van der Waals surface area contributed by atoms with Gasteiger partial charge in [-0.05, 0) is 17.9 Å². The van der Waals surface area contributed by atoms with Crippen LogP contribution in [-0.4, -0.2) is 21.9 Å². The summed E-state index contributed by atoms with van der Waals surface area (Å²) in [6, 6.07) is 1.95. The summed E-state index contributed by atoms with van der Waals surface area (Å²) in [5.74, 6) is 1.21. The maximum Gasteiger partial charge on any atom is 0.227 e. The van der Waals surface area contributed by atoms with Crippen molar-refractivity contribution in [2.45, 2.75) is 12.8 Å². The van der Waals surface area contributed by atoms with E-state index >= 15 is 0 Å². The van der Waals surface area contributed by atoms with Crippen molar-refractivity contribution in [3.63, 3.8) is 0 Å². The maximum atomic E-state index is 8.63. The number of rotatable bonds is 4. The zero-order valence-electron chi connectivity index (χ0n) is 7.51. The van der Waals surface area contributed by atoms with Gasteiger partial charge < -0.3 is 9.63 Å². The lowest BCUT2D eigenvalue weighted by Gasteiger charge is -1.87. The first-order valence-electron chi connectivity index (χ1n) is 4.36. The molecule has 0 aliphatic carbocycles. The van der Waals surface area contributed by atoms with Crippen LogP contribution >= 0.6 is 11.3 Å². The Morgan fingerprint density at radius 3 is 3.14 bits per heavy atom. The Kier molecular flexibility index (Phi) is 2.90. The van der Waals surface area contributed by atoms with E-state index < -0.39 is 0 Å². The summed E-state index contributed by atoms with van der Waals surface area (Å²) in [4.78, 5) is 4.21. The highest BCUT2D eigenvalue weighted by atomic mass is 32.1. The molecule has 0 fully saturated rings. The number of nitrogens with zero attached hydrogens (tertiary/aromatic N) is 2. The van der Waals surface area contributed by atoms with Crippen LogP contribution in [0.25, 0.3) is 11.4 Å². The number of hydrogen-bond acceptors (Lipinski definition) is 5. The van der Waals surface area contributed by atoms with Crippen LogP contribution in [0, 0.1) is 0 Å². The molecule has 0 unspecified atom stereocenters. The molecule has 2 rings (SSSR count). The van der Waals surface area contributed by atoms with E-state index in [1.165, 1.54) is 0 Å². The summed E-state index contributed by atoms with van der Waals surface area (Å²) >= 11 is 1.60. The van der Waals surface area contributed by atoms with E-state index in [0.29, 0.717) is 24.6 Å². The Balaban J connectivity index is 2.10. The first-order valence-corrected chi connectivity index (χ1v) is 5.30. The molecule has 2 heterocycles. The quantitative estimate of drug-likeness (QED) is 0.834. The molecule has 0 spiro atoms. The molecular formula is C9H10N2O2S. The van der Waals surface area contributed by atoms with Gasteiger partial charge >= 0.3 is 0 Å². The highest BCUT2D eigenvalue weighted by molar-refractivity contribution is 7.08. The van der Waals surface area contributed by atoms with Crippen LogP contribution in [0.15, 0.2) is 21.3 Å². The molecule has 0 bridgehead atoms. The molecule has 2 aromatic rings. The summed E-state index contributed by atoms with van der Waals surface area (Å²) in [6.45, 7) is 0.149. The Morgan fingerprint density at radius 1 is 1.50 bits per heavy atom. The van der Waals surface area contributed by atoms with Gasteiger partial charge in [-0.25, -0.2) is 0 Å². The average Bonchev–Trinajstić information content (AvgIpc) is 2.85. The molecule has 74 valence electrons. The zero-order valence-corrected chi connectivity index (χ0v) is 8.33. The molecule has 0 saturated heterocycles. The van der Waals surface area contributed by atoms with Crippen LogP contribution in [0.1, 0.15) is 12.3 Å². The third-order valence-corrected chi connectivity index (χ3v) is 2.48. The molecule has 0 aromatic carbocycles. The Hall–Kier alpha value is -1.20. The second-order valence-corrected chi connectivity index (χ2v) is 3.63. The lowest BCUT2D eigenvalue weighted by molar-refractivity contribution is 0.278. The van der Waals surface area contributed by atoms with Crippen molar-refractivity contribution in [1.29, 1.82) is 0 Å². The highest BCUT2D eigenvalue weighted by Gasteiger charge is 2.07. The summed E-state index contributed by atoms with van der Waals surface area (Å²) in [5, 5.41) is 16.4. The van der Waals surface area contributed by atoms with E-state index in [-0.39, 0.29) is 6.61 Å². The van der Waals surface area contributed by atoms with Crippen molar-refractivity contribution in [2.24, 2.45) is 0 Å². The predicted molar refractivity (Wildman–Crippen MR) is 53.0 cm³/mol. The summed E-state index contributed by atoms with van der Waals surface area (Å²) < 4.78 is 5.02. The van der Waals surface area contributed by atoms with Crippen molar-refractivity contribution < 1.29 is 9.63 Å². The number of hydrogen-bond donors (Lipinski definition) is 1. The number of thiophene rings is 1. The molecule has 5 heteroatoms. The highest BCUT2D eigenvalue weighted by Crippen LogP contribution is 2.18. The van der Waals surface area contributed by atoms with Crippen molar-refractivity contribution >= 4 is 11.3 Å². The van der Waals surface area contributed by atoms with Gasteiger partial charge in [0, 0.05) is 24.0 Å². The van der Waals surface area contributed by atoms with Gasteiger partial charge in [-0.1, -0.05) is 5.16 Å². The van der Waals surface area contributed by atoms with Crippen LogP contribution < -0.4 is 0 Å². The molecule has 2 aromatic heterocycles. The van der Waals surface area contributed by atoms with Gasteiger partial charge in [-0.15, -0.1) is 0 Å². The monoisotopic (exact) mass is 210 g/mol. The molecule has 0 radical (unpaired) electrons. The van der Waals surface area contributed by atoms with Crippen LogP contribution in [0.5, 0.6) is 0 Å². The zero-order chi connectivity index (χ0) is 9.80. The van der Waals surface area contributed by atoms with Gasteiger partial charge in [0.05, 0.1) is 0 Å². The third kappa shape index (κ3) is 2.00. The molecule has 0 saturated carbocycles. The fourth-order valence-corrected chi connectivity index (χ4v) is 1.73. The molecule has 4 nitrogen and oxygen atoms in total. The number of aliphatic hydroxyl groups is 1. The second-order valence-electron chi connectivity index (χ2n) is 2.85. The Labute approximate surface area is 85.2 Å². The van der Waals surface area contributed by atoms with Crippen LogP contribution in [0.3, 0.4) is 0 Å². The molecular weight excluding hydrogens is 200 g/mol. The first kappa shape index (κ1) is 9.36. The van der Waals surface area contributed by atoms with Gasteiger partial charge in [0.25, 0.3) is 0 Å². The smallest absolute Gasteiger partial charge is 0.227 e. The maximum absolute atomic E-state index is 8.63. The van der Waals surface area contributed by atoms with Crippen molar-refractivity contribution in [2.75, 3.05) is 6.61 Å². The van der Waals surface area contributed by atoms with Crippen molar-refractivity contribution in [3.05, 3.63) is 22.7 Å². The Bertz CT molecular complexity index is 383. The molecule has 14 heavy (non-hydrogen) atoms. The lowest BCUT2D eigenvalue weighted by Crippen LogP contribution is -1.89. The SMILES string of the molecule is OCCCc1nc(-c2ccsc2)no1. The van der Waals surface area contributed by atoms with E-state index in [1.54, 1.807) is 11.3 Å². The minimum absolute atomic E-state index is 0.149. The fraction of sp³-hybridized carbons (Fsp3) is 0.333. The average molecular weight is 210 g/mol. The van der Waals surface area contributed by atoms with E-state index in [0.717, 1.165) is 5.56 Å². The lowest BCUT2D eigenvalue weighted by atomic mass is 10.3. The van der Waals surface area contributed by atoms with Crippen LogP contribution in [0.2, 0.25) is 0 Å². The summed E-state index contributed by atoms with van der Waals surface area (Å²) in [5.41, 5.74) is 0.981. The van der Waals surface area contributed by atoms with E-state index in [2.05, 4.69) is 10.1 Å². The van der Waals surface area contributed by atoms with E-state index in [4.69, 9.17) is 9.63 Å². The van der Waals surface area contributed by atoms with Gasteiger partial charge in [0.1, 0.15) is 0 Å². The standard InChI is InChI=1S/C9H10N2O2S/c12-4-1-2-8-10-9(11-13-8)7-3-5-14-6-7/h3,5-6,12H,1-2,4H2. The molecule has 0 aliphatic rings. The normalized spacial score (nSPS) is 10.6. The number of aromatic nitrogens is 2. The van der Waals surface area contributed by atoms with Crippen molar-refractivity contribution in [1.82, 2.24) is 10.1 Å². The predicted octanol–water partition coefficient (Wildman–Crippen LogP) is 1.72. The van der Waals surface area contributed by atoms with Crippen LogP contribution in [-0.2, 0) is 6.42 Å². The topological polar surface area (TPSA) is 59.2 Å². The molecule has 0 atom stereocenters. The molecule has 1 N–H and O–H groups in total. The minimum Gasteiger partial charge on any atom is -0.396 e. The van der Waals surface area contributed by atoms with Crippen LogP contribution in [0.4, 0.5) is 0 Å². The van der Waals surface area contributed by atoms with Gasteiger partial charge in [-0.2, -0.15) is 16.3 Å². The largest absolute Gasteiger partial charge is 0.396 e. The van der Waals surface area contributed by atoms with Gasteiger partial charge in [-0.3, -0.25) is 0 Å². The summed E-state index contributed by atoms with van der Waals surface area (Å²) in [6.07, 6.45) is 1.29. The van der Waals surface area contributed by atoms with Crippen molar-refractivity contribution in [3.8, 4) is 11.4 Å². The molecule has 0 aliphatic heterocycles. The molecule has 0 amide bonds.